The Labute approximate surface area is 146 Å². The van der Waals surface area contributed by atoms with Crippen LogP contribution in [0.1, 0.15) is 11.4 Å². The Morgan fingerprint density at radius 1 is 1.17 bits per heavy atom. The third-order valence-corrected chi connectivity index (χ3v) is 4.03. The molecule has 124 valence electrons. The summed E-state index contributed by atoms with van der Waals surface area (Å²) in [5.41, 5.74) is 3.91. The van der Waals surface area contributed by atoms with Crippen LogP contribution < -0.4 is 4.90 Å². The van der Waals surface area contributed by atoms with Gasteiger partial charge in [-0.05, 0) is 32.0 Å². The summed E-state index contributed by atoms with van der Waals surface area (Å²) in [7, 11) is 1.95. The standard InChI is InChI=1S/C17H19ClN6/c1-12-10-13(2)24(22-12)9-8-23(3)17-20-16(11-19-21-17)14-4-6-15(18)7-5-14/h4-7,10-11H,8-9H2,1-3H3. The first kappa shape index (κ1) is 16.4. The molecule has 3 aromatic rings. The molecule has 0 atom stereocenters. The highest BCUT2D eigenvalue weighted by molar-refractivity contribution is 6.30. The van der Waals surface area contributed by atoms with Crippen LogP contribution in [0.3, 0.4) is 0 Å². The molecule has 0 amide bonds. The van der Waals surface area contributed by atoms with Gasteiger partial charge in [0.15, 0.2) is 0 Å². The lowest BCUT2D eigenvalue weighted by atomic mass is 10.2. The number of benzene rings is 1. The highest BCUT2D eigenvalue weighted by Gasteiger charge is 2.09. The van der Waals surface area contributed by atoms with Gasteiger partial charge in [0.25, 0.3) is 0 Å². The van der Waals surface area contributed by atoms with Gasteiger partial charge >= 0.3 is 0 Å². The first-order chi connectivity index (χ1) is 11.5. The summed E-state index contributed by atoms with van der Waals surface area (Å²) in [6.07, 6.45) is 1.65. The maximum absolute atomic E-state index is 5.93. The number of aromatic nitrogens is 5. The van der Waals surface area contributed by atoms with Crippen molar-refractivity contribution in [3.8, 4) is 11.3 Å². The first-order valence-corrected chi connectivity index (χ1v) is 8.08. The highest BCUT2D eigenvalue weighted by atomic mass is 35.5. The van der Waals surface area contributed by atoms with Crippen LogP contribution in [0.25, 0.3) is 11.3 Å². The number of likely N-dealkylation sites (N-methyl/N-ethyl adjacent to an activating group) is 1. The molecule has 0 saturated heterocycles. The second-order valence-corrected chi connectivity index (χ2v) is 6.16. The lowest BCUT2D eigenvalue weighted by Gasteiger charge is -2.17. The van der Waals surface area contributed by atoms with E-state index in [2.05, 4.69) is 33.3 Å². The van der Waals surface area contributed by atoms with Crippen LogP contribution in [0, 0.1) is 13.8 Å². The first-order valence-electron chi connectivity index (χ1n) is 7.71. The van der Waals surface area contributed by atoms with Gasteiger partial charge in [-0.1, -0.05) is 23.7 Å². The van der Waals surface area contributed by atoms with Crippen LogP contribution in [0.5, 0.6) is 0 Å². The fraction of sp³-hybridized carbons (Fsp3) is 0.294. The summed E-state index contributed by atoms with van der Waals surface area (Å²) in [5, 5.41) is 13.4. The van der Waals surface area contributed by atoms with Crippen molar-refractivity contribution in [3.63, 3.8) is 0 Å². The summed E-state index contributed by atoms with van der Waals surface area (Å²) in [5.74, 6) is 0.587. The Morgan fingerprint density at radius 3 is 2.58 bits per heavy atom. The molecular formula is C17H19ClN6. The zero-order chi connectivity index (χ0) is 17.1. The van der Waals surface area contributed by atoms with Crippen molar-refractivity contribution >= 4 is 17.5 Å². The monoisotopic (exact) mass is 342 g/mol. The van der Waals surface area contributed by atoms with E-state index in [1.54, 1.807) is 6.20 Å². The van der Waals surface area contributed by atoms with E-state index in [9.17, 15) is 0 Å². The molecule has 0 unspecified atom stereocenters. The fourth-order valence-electron chi connectivity index (χ4n) is 2.46. The minimum atomic E-state index is 0.587. The molecule has 6 nitrogen and oxygen atoms in total. The molecule has 0 aliphatic carbocycles. The van der Waals surface area contributed by atoms with E-state index in [0.29, 0.717) is 11.0 Å². The zero-order valence-electron chi connectivity index (χ0n) is 13.9. The molecule has 1 aromatic carbocycles. The number of anilines is 1. The molecule has 24 heavy (non-hydrogen) atoms. The molecule has 0 saturated carbocycles. The van der Waals surface area contributed by atoms with Crippen molar-refractivity contribution in [2.75, 3.05) is 18.5 Å². The number of nitrogens with zero attached hydrogens (tertiary/aromatic N) is 6. The van der Waals surface area contributed by atoms with Crippen LogP contribution in [0.15, 0.2) is 36.5 Å². The number of hydrogen-bond acceptors (Lipinski definition) is 5. The van der Waals surface area contributed by atoms with Gasteiger partial charge in [-0.15, -0.1) is 5.10 Å². The topological polar surface area (TPSA) is 59.7 Å². The van der Waals surface area contributed by atoms with Gasteiger partial charge < -0.3 is 4.90 Å². The number of rotatable bonds is 5. The molecule has 2 aromatic heterocycles. The van der Waals surface area contributed by atoms with Gasteiger partial charge in [-0.25, -0.2) is 4.98 Å². The van der Waals surface area contributed by atoms with Crippen molar-refractivity contribution in [1.29, 1.82) is 0 Å². The summed E-state index contributed by atoms with van der Waals surface area (Å²) >= 11 is 5.93. The van der Waals surface area contributed by atoms with Gasteiger partial charge in [0.2, 0.25) is 5.95 Å². The molecule has 0 radical (unpaired) electrons. The predicted molar refractivity (Wildman–Crippen MR) is 95.2 cm³/mol. The second-order valence-electron chi connectivity index (χ2n) is 5.72. The molecule has 0 fully saturated rings. The van der Waals surface area contributed by atoms with E-state index in [1.807, 2.05) is 47.8 Å². The van der Waals surface area contributed by atoms with Crippen molar-refractivity contribution < 1.29 is 0 Å². The van der Waals surface area contributed by atoms with Gasteiger partial charge in [-0.2, -0.15) is 10.2 Å². The smallest absolute Gasteiger partial charge is 0.245 e. The quantitative estimate of drug-likeness (QED) is 0.713. The Balaban J connectivity index is 1.73. The number of halogens is 1. The summed E-state index contributed by atoms with van der Waals surface area (Å²) < 4.78 is 1.99. The van der Waals surface area contributed by atoms with E-state index in [-0.39, 0.29) is 0 Å². The van der Waals surface area contributed by atoms with Gasteiger partial charge in [0, 0.05) is 29.9 Å². The molecule has 3 rings (SSSR count). The third kappa shape index (κ3) is 3.71. The Hall–Kier alpha value is -2.47. The molecule has 0 aliphatic heterocycles. The molecule has 0 aliphatic rings. The predicted octanol–water partition coefficient (Wildman–Crippen LogP) is 3.14. The van der Waals surface area contributed by atoms with Crippen molar-refractivity contribution in [2.24, 2.45) is 0 Å². The van der Waals surface area contributed by atoms with Gasteiger partial charge in [-0.3, -0.25) is 4.68 Å². The zero-order valence-corrected chi connectivity index (χ0v) is 14.7. The summed E-state index contributed by atoms with van der Waals surface area (Å²) in [6, 6.07) is 9.59. The maximum atomic E-state index is 5.93. The largest absolute Gasteiger partial charge is 0.341 e. The third-order valence-electron chi connectivity index (χ3n) is 3.78. The minimum absolute atomic E-state index is 0.587. The molecule has 7 heteroatoms. The van der Waals surface area contributed by atoms with Crippen LogP contribution in [-0.2, 0) is 6.54 Å². The Bertz CT molecular complexity index is 827. The fourth-order valence-corrected chi connectivity index (χ4v) is 2.59. The minimum Gasteiger partial charge on any atom is -0.341 e. The van der Waals surface area contributed by atoms with E-state index in [1.165, 1.54) is 0 Å². The van der Waals surface area contributed by atoms with E-state index >= 15 is 0 Å². The maximum Gasteiger partial charge on any atom is 0.245 e. The lowest BCUT2D eigenvalue weighted by Crippen LogP contribution is -2.25. The number of hydrogen-bond donors (Lipinski definition) is 0. The summed E-state index contributed by atoms with van der Waals surface area (Å²) in [6.45, 7) is 5.56. The average Bonchev–Trinajstić information content (AvgIpc) is 2.91. The second kappa shape index (κ2) is 6.97. The van der Waals surface area contributed by atoms with E-state index < -0.39 is 0 Å². The Kier molecular flexibility index (Phi) is 4.76. The van der Waals surface area contributed by atoms with Crippen LogP contribution in [0.4, 0.5) is 5.95 Å². The average molecular weight is 343 g/mol. The van der Waals surface area contributed by atoms with Gasteiger partial charge in [0.05, 0.1) is 24.1 Å². The molecule has 2 heterocycles. The molecule has 0 N–H and O–H groups in total. The van der Waals surface area contributed by atoms with E-state index in [4.69, 9.17) is 11.6 Å². The normalized spacial score (nSPS) is 10.8. The van der Waals surface area contributed by atoms with Crippen molar-refractivity contribution in [1.82, 2.24) is 25.0 Å². The van der Waals surface area contributed by atoms with Gasteiger partial charge in [0.1, 0.15) is 0 Å². The highest BCUT2D eigenvalue weighted by Crippen LogP contribution is 2.20. The van der Waals surface area contributed by atoms with Crippen molar-refractivity contribution in [3.05, 3.63) is 52.9 Å². The summed E-state index contributed by atoms with van der Waals surface area (Å²) in [4.78, 5) is 6.57. The number of aryl methyl sites for hydroxylation is 2. The molecule has 0 bridgehead atoms. The van der Waals surface area contributed by atoms with Crippen LogP contribution >= 0.6 is 11.6 Å². The van der Waals surface area contributed by atoms with E-state index in [0.717, 1.165) is 35.7 Å². The van der Waals surface area contributed by atoms with Crippen molar-refractivity contribution in [2.45, 2.75) is 20.4 Å². The van der Waals surface area contributed by atoms with Crippen LogP contribution in [0.2, 0.25) is 5.02 Å². The molecular weight excluding hydrogens is 324 g/mol. The Morgan fingerprint density at radius 2 is 1.92 bits per heavy atom. The van der Waals surface area contributed by atoms with Crippen LogP contribution in [-0.4, -0.2) is 38.6 Å². The molecule has 0 spiro atoms. The SMILES string of the molecule is Cc1cc(C)n(CCN(C)c2nncc(-c3ccc(Cl)cc3)n2)n1. The lowest BCUT2D eigenvalue weighted by molar-refractivity contribution is 0.587.